The number of piperidine rings is 1. The number of fused-ring (bicyclic) bond motifs is 1. The Morgan fingerprint density at radius 1 is 1.22 bits per heavy atom. The summed E-state index contributed by atoms with van der Waals surface area (Å²) in [6.07, 6.45) is 6.28. The summed E-state index contributed by atoms with van der Waals surface area (Å²) in [6, 6.07) is 7.04. The SMILES string of the molecule is CC1(C)CCCc2cc(-c3csc(C4CCNCC4)n3)ccc21. The Balaban J connectivity index is 1.62. The summed E-state index contributed by atoms with van der Waals surface area (Å²) < 4.78 is 0. The average molecular weight is 327 g/mol. The molecule has 1 saturated heterocycles. The lowest BCUT2D eigenvalue weighted by Crippen LogP contribution is -2.26. The third-order valence-electron chi connectivity index (χ3n) is 5.59. The third kappa shape index (κ3) is 2.97. The Morgan fingerprint density at radius 2 is 2.04 bits per heavy atom. The molecule has 0 radical (unpaired) electrons. The van der Waals surface area contributed by atoms with Gasteiger partial charge >= 0.3 is 0 Å². The lowest BCUT2D eigenvalue weighted by atomic mass is 9.72. The third-order valence-corrected chi connectivity index (χ3v) is 6.60. The Morgan fingerprint density at radius 3 is 2.87 bits per heavy atom. The Bertz CT molecular complexity index is 695. The van der Waals surface area contributed by atoms with Crippen molar-refractivity contribution in [1.82, 2.24) is 10.3 Å². The first-order chi connectivity index (χ1) is 11.1. The lowest BCUT2D eigenvalue weighted by Gasteiger charge is -2.32. The predicted molar refractivity (Wildman–Crippen MR) is 98.4 cm³/mol. The van der Waals surface area contributed by atoms with Crippen molar-refractivity contribution >= 4 is 11.3 Å². The van der Waals surface area contributed by atoms with Crippen molar-refractivity contribution < 1.29 is 0 Å². The van der Waals surface area contributed by atoms with Crippen LogP contribution in [0.15, 0.2) is 23.6 Å². The molecule has 4 rings (SSSR count). The summed E-state index contributed by atoms with van der Waals surface area (Å²) in [5.41, 5.74) is 5.89. The van der Waals surface area contributed by atoms with Crippen LogP contribution in [-0.2, 0) is 11.8 Å². The van der Waals surface area contributed by atoms with Crippen molar-refractivity contribution in [1.29, 1.82) is 0 Å². The summed E-state index contributed by atoms with van der Waals surface area (Å²) in [7, 11) is 0. The minimum Gasteiger partial charge on any atom is -0.317 e. The van der Waals surface area contributed by atoms with Crippen molar-refractivity contribution in [3.8, 4) is 11.3 Å². The Labute approximate surface area is 143 Å². The Kier molecular flexibility index (Phi) is 4.02. The molecular weight excluding hydrogens is 300 g/mol. The molecule has 1 fully saturated rings. The Hall–Kier alpha value is -1.19. The molecule has 0 spiro atoms. The molecule has 1 aromatic heterocycles. The molecule has 2 aliphatic rings. The first-order valence-corrected chi connectivity index (χ1v) is 9.81. The van der Waals surface area contributed by atoms with Crippen LogP contribution in [0.1, 0.15) is 61.6 Å². The molecular formula is C20H26N2S. The van der Waals surface area contributed by atoms with Gasteiger partial charge in [0.15, 0.2) is 0 Å². The van der Waals surface area contributed by atoms with E-state index in [2.05, 4.69) is 42.7 Å². The zero-order valence-electron chi connectivity index (χ0n) is 14.2. The van der Waals surface area contributed by atoms with Crippen LogP contribution in [0.3, 0.4) is 0 Å². The van der Waals surface area contributed by atoms with Crippen LogP contribution in [0.2, 0.25) is 0 Å². The average Bonchev–Trinajstić information content (AvgIpc) is 3.05. The number of rotatable bonds is 2. The zero-order chi connectivity index (χ0) is 15.9. The molecule has 122 valence electrons. The fourth-order valence-corrected chi connectivity index (χ4v) is 5.15. The topological polar surface area (TPSA) is 24.9 Å². The second-order valence-electron chi connectivity index (χ2n) is 7.70. The molecule has 0 saturated carbocycles. The first-order valence-electron chi connectivity index (χ1n) is 8.93. The predicted octanol–water partition coefficient (Wildman–Crippen LogP) is 4.89. The summed E-state index contributed by atoms with van der Waals surface area (Å²) >= 11 is 1.85. The first kappa shape index (κ1) is 15.3. The van der Waals surface area contributed by atoms with Crippen molar-refractivity contribution in [2.24, 2.45) is 0 Å². The van der Waals surface area contributed by atoms with E-state index in [1.807, 2.05) is 11.3 Å². The van der Waals surface area contributed by atoms with Gasteiger partial charge in [-0.25, -0.2) is 4.98 Å². The largest absolute Gasteiger partial charge is 0.317 e. The zero-order valence-corrected chi connectivity index (χ0v) is 15.0. The molecule has 0 unspecified atom stereocenters. The van der Waals surface area contributed by atoms with E-state index < -0.39 is 0 Å². The quantitative estimate of drug-likeness (QED) is 0.850. The summed E-state index contributed by atoms with van der Waals surface area (Å²) in [5, 5.41) is 7.03. The molecule has 1 aromatic carbocycles. The van der Waals surface area contributed by atoms with Gasteiger partial charge in [0.05, 0.1) is 10.7 Å². The van der Waals surface area contributed by atoms with Crippen LogP contribution in [0, 0.1) is 0 Å². The van der Waals surface area contributed by atoms with Gasteiger partial charge in [-0.1, -0.05) is 26.0 Å². The van der Waals surface area contributed by atoms with Crippen LogP contribution in [0.25, 0.3) is 11.3 Å². The van der Waals surface area contributed by atoms with Crippen LogP contribution in [0.5, 0.6) is 0 Å². The number of aromatic nitrogens is 1. The number of nitrogens with one attached hydrogen (secondary N) is 1. The minimum atomic E-state index is 0.328. The highest BCUT2D eigenvalue weighted by Crippen LogP contribution is 2.39. The van der Waals surface area contributed by atoms with E-state index >= 15 is 0 Å². The highest BCUT2D eigenvalue weighted by atomic mass is 32.1. The van der Waals surface area contributed by atoms with Gasteiger partial charge in [0.2, 0.25) is 0 Å². The number of benzene rings is 1. The molecule has 2 heterocycles. The van der Waals surface area contributed by atoms with Gasteiger partial charge in [0, 0.05) is 16.9 Å². The standard InChI is InChI=1S/C20H26N2S/c1-20(2)9-3-4-15-12-16(5-6-17(15)20)18-13-23-19(22-18)14-7-10-21-11-8-14/h5-6,12-14,21H,3-4,7-11H2,1-2H3. The van der Waals surface area contributed by atoms with Crippen LogP contribution in [-0.4, -0.2) is 18.1 Å². The maximum absolute atomic E-state index is 4.98. The van der Waals surface area contributed by atoms with E-state index in [0.29, 0.717) is 11.3 Å². The fraction of sp³-hybridized carbons (Fsp3) is 0.550. The summed E-state index contributed by atoms with van der Waals surface area (Å²) in [4.78, 5) is 4.98. The number of hydrogen-bond acceptors (Lipinski definition) is 3. The van der Waals surface area contributed by atoms with Crippen molar-refractivity contribution in [2.45, 2.75) is 57.3 Å². The van der Waals surface area contributed by atoms with E-state index in [0.717, 1.165) is 13.1 Å². The number of aryl methyl sites for hydroxylation is 1. The van der Waals surface area contributed by atoms with Gasteiger partial charge in [-0.15, -0.1) is 11.3 Å². The second kappa shape index (κ2) is 6.03. The van der Waals surface area contributed by atoms with E-state index in [9.17, 15) is 0 Å². The van der Waals surface area contributed by atoms with E-state index in [-0.39, 0.29) is 0 Å². The molecule has 0 bridgehead atoms. The smallest absolute Gasteiger partial charge is 0.0964 e. The van der Waals surface area contributed by atoms with Gasteiger partial charge in [-0.05, 0) is 67.8 Å². The highest BCUT2D eigenvalue weighted by molar-refractivity contribution is 7.10. The minimum absolute atomic E-state index is 0.328. The maximum atomic E-state index is 4.98. The van der Waals surface area contributed by atoms with Gasteiger partial charge in [0.25, 0.3) is 0 Å². The molecule has 1 N–H and O–H groups in total. The summed E-state index contributed by atoms with van der Waals surface area (Å²) in [5.74, 6) is 0.659. The normalized spacial score (nSPS) is 21.1. The number of nitrogens with zero attached hydrogens (tertiary/aromatic N) is 1. The van der Waals surface area contributed by atoms with Crippen molar-refractivity contribution in [3.63, 3.8) is 0 Å². The summed E-state index contributed by atoms with van der Waals surface area (Å²) in [6.45, 7) is 7.02. The molecule has 3 heteroatoms. The monoisotopic (exact) mass is 326 g/mol. The van der Waals surface area contributed by atoms with Crippen LogP contribution < -0.4 is 5.32 Å². The van der Waals surface area contributed by atoms with Crippen molar-refractivity contribution in [3.05, 3.63) is 39.7 Å². The van der Waals surface area contributed by atoms with E-state index in [4.69, 9.17) is 4.98 Å². The highest BCUT2D eigenvalue weighted by Gasteiger charge is 2.27. The molecule has 0 atom stereocenters. The van der Waals surface area contributed by atoms with Crippen LogP contribution >= 0.6 is 11.3 Å². The van der Waals surface area contributed by atoms with Gasteiger partial charge in [-0.2, -0.15) is 0 Å². The van der Waals surface area contributed by atoms with Gasteiger partial charge < -0.3 is 5.32 Å². The van der Waals surface area contributed by atoms with E-state index in [1.165, 1.54) is 53.9 Å². The van der Waals surface area contributed by atoms with E-state index in [1.54, 1.807) is 5.56 Å². The lowest BCUT2D eigenvalue weighted by molar-refractivity contribution is 0.432. The van der Waals surface area contributed by atoms with Crippen LogP contribution in [0.4, 0.5) is 0 Å². The van der Waals surface area contributed by atoms with Gasteiger partial charge in [-0.3, -0.25) is 0 Å². The fourth-order valence-electron chi connectivity index (χ4n) is 4.15. The molecule has 2 aromatic rings. The number of thiazole rings is 1. The molecule has 0 amide bonds. The number of hydrogen-bond donors (Lipinski definition) is 1. The molecule has 1 aliphatic carbocycles. The molecule has 1 aliphatic heterocycles. The molecule has 23 heavy (non-hydrogen) atoms. The van der Waals surface area contributed by atoms with Gasteiger partial charge in [0.1, 0.15) is 0 Å². The second-order valence-corrected chi connectivity index (χ2v) is 8.59. The molecule has 2 nitrogen and oxygen atoms in total. The van der Waals surface area contributed by atoms with Crippen molar-refractivity contribution in [2.75, 3.05) is 13.1 Å². The maximum Gasteiger partial charge on any atom is 0.0964 e.